The van der Waals surface area contributed by atoms with E-state index in [1.54, 1.807) is 4.90 Å². The molecular weight excluding hydrogens is 254 g/mol. The first-order valence-corrected chi connectivity index (χ1v) is 5.51. The smallest absolute Gasteiger partial charge is 0.246 e. The fourth-order valence-electron chi connectivity index (χ4n) is 1.45. The highest BCUT2D eigenvalue weighted by molar-refractivity contribution is 5.96. The number of para-hydroxylation sites is 1. The van der Waals surface area contributed by atoms with E-state index in [4.69, 9.17) is 5.73 Å². The minimum Gasteiger partial charge on any atom is -0.346 e. The van der Waals surface area contributed by atoms with Gasteiger partial charge in [0.25, 0.3) is 0 Å². The molecule has 0 fully saturated rings. The average Bonchev–Trinajstić information content (AvgIpc) is 2.38. The molecule has 0 aliphatic rings. The minimum atomic E-state index is -0.331. The second kappa shape index (κ2) is 8.49. The SMILES string of the molecule is CCN(C(=O)CNC(=O)CN)c1ccccc1.Cl. The van der Waals surface area contributed by atoms with Crippen LogP contribution in [0.1, 0.15) is 6.92 Å². The number of nitrogens with one attached hydrogen (secondary N) is 1. The maximum Gasteiger partial charge on any atom is 0.246 e. The molecule has 0 heterocycles. The lowest BCUT2D eigenvalue weighted by atomic mass is 10.3. The van der Waals surface area contributed by atoms with Gasteiger partial charge in [-0.05, 0) is 19.1 Å². The Morgan fingerprint density at radius 2 is 1.89 bits per heavy atom. The number of anilines is 1. The quantitative estimate of drug-likeness (QED) is 0.821. The van der Waals surface area contributed by atoms with Crippen LogP contribution in [0.2, 0.25) is 0 Å². The summed E-state index contributed by atoms with van der Waals surface area (Å²) in [7, 11) is 0. The Bertz CT molecular complexity index is 384. The fourth-order valence-corrected chi connectivity index (χ4v) is 1.45. The van der Waals surface area contributed by atoms with Gasteiger partial charge in [0.1, 0.15) is 0 Å². The van der Waals surface area contributed by atoms with E-state index in [-0.39, 0.29) is 37.3 Å². The number of benzene rings is 1. The third-order valence-corrected chi connectivity index (χ3v) is 2.31. The van der Waals surface area contributed by atoms with E-state index in [1.807, 2.05) is 37.3 Å². The Labute approximate surface area is 113 Å². The number of amides is 2. The van der Waals surface area contributed by atoms with Gasteiger partial charge in [0.05, 0.1) is 13.1 Å². The van der Waals surface area contributed by atoms with Crippen molar-refractivity contribution in [3.05, 3.63) is 30.3 Å². The van der Waals surface area contributed by atoms with Crippen molar-refractivity contribution in [2.24, 2.45) is 5.73 Å². The first-order chi connectivity index (χ1) is 8.19. The van der Waals surface area contributed by atoms with Gasteiger partial charge in [0.2, 0.25) is 11.8 Å². The summed E-state index contributed by atoms with van der Waals surface area (Å²) in [5.41, 5.74) is 5.96. The first-order valence-electron chi connectivity index (χ1n) is 5.51. The second-order valence-corrected chi connectivity index (χ2v) is 3.45. The van der Waals surface area contributed by atoms with Crippen LogP contribution in [0, 0.1) is 0 Å². The van der Waals surface area contributed by atoms with Crippen LogP contribution < -0.4 is 16.0 Å². The van der Waals surface area contributed by atoms with E-state index < -0.39 is 0 Å². The molecule has 0 aliphatic carbocycles. The van der Waals surface area contributed by atoms with Crippen LogP contribution >= 0.6 is 12.4 Å². The summed E-state index contributed by atoms with van der Waals surface area (Å²) in [6.45, 7) is 2.31. The molecule has 18 heavy (non-hydrogen) atoms. The van der Waals surface area contributed by atoms with Crippen molar-refractivity contribution >= 4 is 29.9 Å². The topological polar surface area (TPSA) is 75.4 Å². The van der Waals surface area contributed by atoms with Crippen LogP contribution in [0.3, 0.4) is 0 Å². The van der Waals surface area contributed by atoms with E-state index in [9.17, 15) is 9.59 Å². The molecule has 100 valence electrons. The molecule has 0 aromatic heterocycles. The number of likely N-dealkylation sites (N-methyl/N-ethyl adjacent to an activating group) is 1. The van der Waals surface area contributed by atoms with Gasteiger partial charge in [-0.15, -0.1) is 12.4 Å². The molecule has 0 spiro atoms. The number of carbonyl (C=O) groups is 2. The van der Waals surface area contributed by atoms with Crippen molar-refractivity contribution < 1.29 is 9.59 Å². The largest absolute Gasteiger partial charge is 0.346 e. The molecule has 0 saturated carbocycles. The summed E-state index contributed by atoms with van der Waals surface area (Å²) in [4.78, 5) is 24.4. The molecule has 0 radical (unpaired) electrons. The standard InChI is InChI=1S/C12H17N3O2.ClH/c1-2-15(10-6-4-3-5-7-10)12(17)9-14-11(16)8-13;/h3-7H,2,8-9,13H2,1H3,(H,14,16);1H. The molecule has 0 atom stereocenters. The van der Waals surface area contributed by atoms with E-state index in [1.165, 1.54) is 0 Å². The molecule has 6 heteroatoms. The van der Waals surface area contributed by atoms with Crippen molar-refractivity contribution in [2.75, 3.05) is 24.5 Å². The van der Waals surface area contributed by atoms with Crippen LogP contribution in [0.25, 0.3) is 0 Å². The number of nitrogens with two attached hydrogens (primary N) is 1. The highest BCUT2D eigenvalue weighted by atomic mass is 35.5. The van der Waals surface area contributed by atoms with Crippen molar-refractivity contribution in [2.45, 2.75) is 6.92 Å². The number of nitrogens with zero attached hydrogens (tertiary/aromatic N) is 1. The normalized spacial score (nSPS) is 9.22. The molecular formula is C12H18ClN3O2. The number of rotatable bonds is 5. The second-order valence-electron chi connectivity index (χ2n) is 3.45. The summed E-state index contributed by atoms with van der Waals surface area (Å²) in [6.07, 6.45) is 0. The molecule has 1 aromatic rings. The third kappa shape index (κ3) is 4.73. The minimum absolute atomic E-state index is 0. The Kier molecular flexibility index (Phi) is 7.74. The van der Waals surface area contributed by atoms with E-state index >= 15 is 0 Å². The molecule has 1 aromatic carbocycles. The lowest BCUT2D eigenvalue weighted by molar-refractivity contribution is -0.124. The molecule has 2 amide bonds. The van der Waals surface area contributed by atoms with Gasteiger partial charge in [-0.2, -0.15) is 0 Å². The van der Waals surface area contributed by atoms with Crippen molar-refractivity contribution in [3.63, 3.8) is 0 Å². The zero-order chi connectivity index (χ0) is 12.7. The number of carbonyl (C=O) groups excluding carboxylic acids is 2. The third-order valence-electron chi connectivity index (χ3n) is 2.31. The van der Waals surface area contributed by atoms with Gasteiger partial charge in [-0.3, -0.25) is 9.59 Å². The summed E-state index contributed by atoms with van der Waals surface area (Å²) in [5.74, 6) is -0.483. The predicted molar refractivity (Wildman–Crippen MR) is 73.8 cm³/mol. The predicted octanol–water partition coefficient (Wildman–Crippen LogP) is 0.536. The van der Waals surface area contributed by atoms with Gasteiger partial charge < -0.3 is 16.0 Å². The molecule has 0 unspecified atom stereocenters. The van der Waals surface area contributed by atoms with Gasteiger partial charge in [-0.25, -0.2) is 0 Å². The summed E-state index contributed by atoms with van der Waals surface area (Å²) < 4.78 is 0. The van der Waals surface area contributed by atoms with Crippen molar-refractivity contribution in [3.8, 4) is 0 Å². The Morgan fingerprint density at radius 3 is 2.39 bits per heavy atom. The van der Waals surface area contributed by atoms with Crippen LogP contribution in [-0.4, -0.2) is 31.4 Å². The van der Waals surface area contributed by atoms with Crippen LogP contribution in [0.5, 0.6) is 0 Å². The van der Waals surface area contributed by atoms with E-state index in [0.717, 1.165) is 5.69 Å². The highest BCUT2D eigenvalue weighted by Gasteiger charge is 2.13. The van der Waals surface area contributed by atoms with Gasteiger partial charge in [0.15, 0.2) is 0 Å². The van der Waals surface area contributed by atoms with Crippen molar-refractivity contribution in [1.29, 1.82) is 0 Å². The van der Waals surface area contributed by atoms with Gasteiger partial charge >= 0.3 is 0 Å². The van der Waals surface area contributed by atoms with Crippen molar-refractivity contribution in [1.82, 2.24) is 5.32 Å². The Hall–Kier alpha value is -1.59. The lowest BCUT2D eigenvalue weighted by Crippen LogP contribution is -2.42. The number of hydrogen-bond donors (Lipinski definition) is 2. The zero-order valence-electron chi connectivity index (χ0n) is 10.3. The number of hydrogen-bond acceptors (Lipinski definition) is 3. The van der Waals surface area contributed by atoms with E-state index in [2.05, 4.69) is 5.32 Å². The summed E-state index contributed by atoms with van der Waals surface area (Å²) >= 11 is 0. The monoisotopic (exact) mass is 271 g/mol. The molecule has 5 nitrogen and oxygen atoms in total. The first kappa shape index (κ1) is 16.4. The van der Waals surface area contributed by atoms with Crippen LogP contribution in [0.15, 0.2) is 30.3 Å². The van der Waals surface area contributed by atoms with Gasteiger partial charge in [0, 0.05) is 12.2 Å². The average molecular weight is 272 g/mol. The number of halogens is 1. The molecule has 0 bridgehead atoms. The zero-order valence-corrected chi connectivity index (χ0v) is 11.1. The lowest BCUT2D eigenvalue weighted by Gasteiger charge is -2.21. The Morgan fingerprint density at radius 1 is 1.28 bits per heavy atom. The summed E-state index contributed by atoms with van der Waals surface area (Å²) in [5, 5.41) is 2.46. The molecule has 0 saturated heterocycles. The molecule has 0 aliphatic heterocycles. The fraction of sp³-hybridized carbons (Fsp3) is 0.333. The summed E-state index contributed by atoms with van der Waals surface area (Å²) in [6, 6.07) is 9.32. The Balaban J connectivity index is 0.00000289. The maximum atomic E-state index is 11.9. The van der Waals surface area contributed by atoms with E-state index in [0.29, 0.717) is 6.54 Å². The molecule has 3 N–H and O–H groups in total. The maximum absolute atomic E-state index is 11.9. The van der Waals surface area contributed by atoms with Gasteiger partial charge in [-0.1, -0.05) is 18.2 Å². The highest BCUT2D eigenvalue weighted by Crippen LogP contribution is 2.12. The van der Waals surface area contributed by atoms with Crippen LogP contribution in [-0.2, 0) is 9.59 Å². The van der Waals surface area contributed by atoms with Crippen LogP contribution in [0.4, 0.5) is 5.69 Å². The molecule has 1 rings (SSSR count).